The second-order valence-corrected chi connectivity index (χ2v) is 4.15. The fourth-order valence-corrected chi connectivity index (χ4v) is 2.06. The number of amides is 2. The van der Waals surface area contributed by atoms with E-state index in [0.29, 0.717) is 4.90 Å². The summed E-state index contributed by atoms with van der Waals surface area (Å²) in [5, 5.41) is 22.0. The van der Waals surface area contributed by atoms with E-state index in [1.807, 2.05) is 0 Å². The second kappa shape index (κ2) is 5.15. The number of benzene rings is 1. The van der Waals surface area contributed by atoms with Gasteiger partial charge in [0.2, 0.25) is 11.8 Å². The van der Waals surface area contributed by atoms with Crippen LogP contribution >= 0.6 is 0 Å². The van der Waals surface area contributed by atoms with Gasteiger partial charge >= 0.3 is 11.4 Å². The van der Waals surface area contributed by atoms with Gasteiger partial charge < -0.3 is 4.74 Å². The smallest absolute Gasteiger partial charge is 0.320 e. The summed E-state index contributed by atoms with van der Waals surface area (Å²) >= 11 is 0. The Morgan fingerprint density at radius 3 is 1.81 bits per heavy atom. The summed E-state index contributed by atoms with van der Waals surface area (Å²) in [5.74, 6) is -1.66. The molecule has 0 saturated carbocycles. The van der Waals surface area contributed by atoms with E-state index in [1.54, 1.807) is 0 Å². The number of nitro groups is 2. The Hall–Kier alpha value is -3.04. The van der Waals surface area contributed by atoms with Crippen molar-refractivity contribution in [2.75, 3.05) is 12.0 Å². The Labute approximate surface area is 117 Å². The van der Waals surface area contributed by atoms with Crippen molar-refractivity contribution in [3.63, 3.8) is 0 Å². The summed E-state index contributed by atoms with van der Waals surface area (Å²) < 4.78 is 4.70. The van der Waals surface area contributed by atoms with E-state index in [4.69, 9.17) is 4.74 Å². The summed E-state index contributed by atoms with van der Waals surface area (Å²) in [7, 11) is 1.06. The Balaban J connectivity index is 2.68. The Bertz CT molecular complexity index is 619. The Morgan fingerprint density at radius 1 is 1.05 bits per heavy atom. The highest BCUT2D eigenvalue weighted by molar-refractivity contribution is 6.20. The highest BCUT2D eigenvalue weighted by Gasteiger charge is 2.35. The van der Waals surface area contributed by atoms with Gasteiger partial charge in [0.15, 0.2) is 0 Å². The fraction of sp³-hybridized carbons (Fsp3) is 0.273. The molecular formula is C11H9N3O7. The van der Waals surface area contributed by atoms with Gasteiger partial charge in [0.25, 0.3) is 5.75 Å². The monoisotopic (exact) mass is 295 g/mol. The number of carbonyl (C=O) groups is 2. The van der Waals surface area contributed by atoms with Crippen LogP contribution in [0, 0.1) is 20.2 Å². The van der Waals surface area contributed by atoms with Crippen LogP contribution in [0.1, 0.15) is 12.8 Å². The molecule has 0 aromatic heterocycles. The molecule has 110 valence electrons. The van der Waals surface area contributed by atoms with Gasteiger partial charge in [0.1, 0.15) is 0 Å². The van der Waals surface area contributed by atoms with Crippen LogP contribution in [0.2, 0.25) is 0 Å². The minimum atomic E-state index is -0.875. The normalized spacial score (nSPS) is 14.4. The van der Waals surface area contributed by atoms with Crippen molar-refractivity contribution in [2.24, 2.45) is 0 Å². The van der Waals surface area contributed by atoms with Crippen molar-refractivity contribution in [1.82, 2.24) is 0 Å². The number of hydrogen-bond acceptors (Lipinski definition) is 7. The number of anilines is 1. The third-order valence-electron chi connectivity index (χ3n) is 2.94. The maximum Gasteiger partial charge on any atom is 0.320 e. The van der Waals surface area contributed by atoms with Gasteiger partial charge in [-0.05, 0) is 0 Å². The van der Waals surface area contributed by atoms with Crippen LogP contribution < -0.4 is 9.64 Å². The first-order chi connectivity index (χ1) is 9.86. The lowest BCUT2D eigenvalue weighted by Crippen LogP contribution is -2.28. The molecule has 1 aromatic rings. The maximum atomic E-state index is 11.6. The Kier molecular flexibility index (Phi) is 3.52. The summed E-state index contributed by atoms with van der Waals surface area (Å²) in [6.45, 7) is 0. The highest BCUT2D eigenvalue weighted by Crippen LogP contribution is 2.41. The quantitative estimate of drug-likeness (QED) is 0.462. The lowest BCUT2D eigenvalue weighted by molar-refractivity contribution is -0.395. The van der Waals surface area contributed by atoms with E-state index in [2.05, 4.69) is 0 Å². The number of hydrogen-bond donors (Lipinski definition) is 0. The predicted molar refractivity (Wildman–Crippen MR) is 68.0 cm³/mol. The van der Waals surface area contributed by atoms with Gasteiger partial charge in [0, 0.05) is 25.0 Å². The molecular weight excluding hydrogens is 286 g/mol. The number of methoxy groups -OCH3 is 1. The SMILES string of the molecule is COc1c([N+](=O)[O-])cc(N2C(=O)CCC2=O)cc1[N+](=O)[O-]. The third kappa shape index (κ3) is 2.38. The standard InChI is InChI=1S/C11H9N3O7/c1-21-11-7(13(17)18)4-6(5-8(11)14(19)20)12-9(15)2-3-10(12)16/h4-5H,2-3H2,1H3. The molecule has 0 N–H and O–H groups in total. The van der Waals surface area contributed by atoms with E-state index < -0.39 is 38.8 Å². The molecule has 1 aliphatic rings. The summed E-state index contributed by atoms with van der Waals surface area (Å²) in [5.41, 5.74) is -1.58. The van der Waals surface area contributed by atoms with E-state index >= 15 is 0 Å². The molecule has 0 atom stereocenters. The molecule has 0 spiro atoms. The molecule has 1 saturated heterocycles. The van der Waals surface area contributed by atoms with E-state index in [0.717, 1.165) is 19.2 Å². The molecule has 0 bridgehead atoms. The molecule has 10 nitrogen and oxygen atoms in total. The molecule has 0 radical (unpaired) electrons. The van der Waals surface area contributed by atoms with Crippen LogP contribution in [0.4, 0.5) is 17.1 Å². The first-order valence-corrected chi connectivity index (χ1v) is 5.73. The largest absolute Gasteiger partial charge is 0.485 e. The van der Waals surface area contributed by atoms with Crippen LogP contribution in [0.3, 0.4) is 0 Å². The fourth-order valence-electron chi connectivity index (χ4n) is 2.06. The van der Waals surface area contributed by atoms with Crippen molar-refractivity contribution in [2.45, 2.75) is 12.8 Å². The van der Waals surface area contributed by atoms with Crippen molar-refractivity contribution in [1.29, 1.82) is 0 Å². The van der Waals surface area contributed by atoms with Gasteiger partial charge in [-0.3, -0.25) is 34.7 Å². The zero-order chi connectivity index (χ0) is 15.7. The molecule has 1 aliphatic heterocycles. The average Bonchev–Trinajstić information content (AvgIpc) is 2.76. The zero-order valence-corrected chi connectivity index (χ0v) is 10.8. The molecule has 2 amide bonds. The molecule has 1 fully saturated rings. The minimum absolute atomic E-state index is 0.0353. The summed E-state index contributed by atoms with van der Waals surface area (Å²) in [6.07, 6.45) is -0.0705. The highest BCUT2D eigenvalue weighted by atomic mass is 16.6. The summed E-state index contributed by atoms with van der Waals surface area (Å²) in [4.78, 5) is 44.2. The average molecular weight is 295 g/mol. The summed E-state index contributed by atoms with van der Waals surface area (Å²) in [6, 6.07) is 1.82. The lowest BCUT2D eigenvalue weighted by Gasteiger charge is -2.14. The van der Waals surface area contributed by atoms with Crippen molar-refractivity contribution in [3.05, 3.63) is 32.4 Å². The molecule has 10 heteroatoms. The number of rotatable bonds is 4. The van der Waals surface area contributed by atoms with E-state index in [1.165, 1.54) is 0 Å². The predicted octanol–water partition coefficient (Wildman–Crippen LogP) is 1.16. The first kappa shape index (κ1) is 14.4. The van der Waals surface area contributed by atoms with Crippen LogP contribution in [0.25, 0.3) is 0 Å². The van der Waals surface area contributed by atoms with Crippen molar-refractivity contribution >= 4 is 28.9 Å². The number of carbonyl (C=O) groups excluding carboxylic acids is 2. The van der Waals surface area contributed by atoms with E-state index in [-0.39, 0.29) is 18.5 Å². The van der Waals surface area contributed by atoms with Crippen LogP contribution in [0.5, 0.6) is 5.75 Å². The lowest BCUT2D eigenvalue weighted by atomic mass is 10.2. The molecule has 2 rings (SSSR count). The first-order valence-electron chi connectivity index (χ1n) is 5.73. The van der Waals surface area contributed by atoms with Gasteiger partial charge in [0.05, 0.1) is 22.6 Å². The topological polar surface area (TPSA) is 133 Å². The van der Waals surface area contributed by atoms with E-state index in [9.17, 15) is 29.8 Å². The third-order valence-corrected chi connectivity index (χ3v) is 2.94. The van der Waals surface area contributed by atoms with Crippen molar-refractivity contribution < 1.29 is 24.2 Å². The number of nitrogens with zero attached hydrogens (tertiary/aromatic N) is 3. The number of imide groups is 1. The number of ether oxygens (including phenoxy) is 1. The minimum Gasteiger partial charge on any atom is -0.485 e. The Morgan fingerprint density at radius 2 is 1.48 bits per heavy atom. The van der Waals surface area contributed by atoms with Gasteiger partial charge in [-0.1, -0.05) is 0 Å². The van der Waals surface area contributed by atoms with Crippen LogP contribution in [-0.2, 0) is 9.59 Å². The van der Waals surface area contributed by atoms with Crippen LogP contribution in [-0.4, -0.2) is 28.8 Å². The number of nitro benzene ring substituents is 2. The van der Waals surface area contributed by atoms with Crippen molar-refractivity contribution in [3.8, 4) is 5.75 Å². The molecule has 0 unspecified atom stereocenters. The van der Waals surface area contributed by atoms with Gasteiger partial charge in [-0.25, -0.2) is 0 Å². The molecule has 0 aliphatic carbocycles. The zero-order valence-electron chi connectivity index (χ0n) is 10.8. The molecule has 21 heavy (non-hydrogen) atoms. The van der Waals surface area contributed by atoms with Gasteiger partial charge in [-0.2, -0.15) is 0 Å². The second-order valence-electron chi connectivity index (χ2n) is 4.15. The molecule has 1 aromatic carbocycles. The molecule has 1 heterocycles. The van der Waals surface area contributed by atoms with Gasteiger partial charge in [-0.15, -0.1) is 0 Å². The van der Waals surface area contributed by atoms with Crippen LogP contribution in [0.15, 0.2) is 12.1 Å². The maximum absolute atomic E-state index is 11.6.